The highest BCUT2D eigenvalue weighted by Crippen LogP contribution is 2.24. The lowest BCUT2D eigenvalue weighted by Crippen LogP contribution is -2.27. The molecule has 31 heavy (non-hydrogen) atoms. The van der Waals surface area contributed by atoms with Crippen LogP contribution < -0.4 is 5.32 Å². The fourth-order valence-electron chi connectivity index (χ4n) is 3.33. The highest BCUT2D eigenvalue weighted by Gasteiger charge is 2.27. The molecule has 1 N–H and O–H groups in total. The Labute approximate surface area is 185 Å². The summed E-state index contributed by atoms with van der Waals surface area (Å²) >= 11 is 5.86. The molecule has 0 atom stereocenters. The van der Waals surface area contributed by atoms with Gasteiger partial charge in [0, 0.05) is 30.2 Å². The third-order valence-corrected chi connectivity index (χ3v) is 7.20. The quantitative estimate of drug-likeness (QED) is 0.580. The van der Waals surface area contributed by atoms with Crippen LogP contribution in [0.25, 0.3) is 11.5 Å². The molecule has 3 aromatic rings. The molecule has 162 valence electrons. The Morgan fingerprint density at radius 1 is 1.03 bits per heavy atom. The smallest absolute Gasteiger partial charge is 0.308 e. The van der Waals surface area contributed by atoms with E-state index in [1.54, 1.807) is 24.3 Å². The van der Waals surface area contributed by atoms with E-state index in [0.717, 1.165) is 18.4 Å². The van der Waals surface area contributed by atoms with E-state index < -0.39 is 15.9 Å². The topological polar surface area (TPSA) is 105 Å². The van der Waals surface area contributed by atoms with E-state index in [-0.39, 0.29) is 16.7 Å². The summed E-state index contributed by atoms with van der Waals surface area (Å²) in [6.07, 6.45) is 2.39. The van der Waals surface area contributed by atoms with Crippen molar-refractivity contribution in [2.75, 3.05) is 19.6 Å². The number of benzene rings is 2. The van der Waals surface area contributed by atoms with Crippen molar-refractivity contribution >= 4 is 27.5 Å². The van der Waals surface area contributed by atoms with Gasteiger partial charge in [-0.25, -0.2) is 8.42 Å². The SMILES string of the molecule is O=C(NCCc1ccc(Cl)cc1)c1nnc(-c2ccc(S(=O)(=O)N3CCCC3)cc2)o1. The number of sulfonamides is 1. The van der Waals surface area contributed by atoms with Crippen LogP contribution in [0, 0.1) is 0 Å². The molecular formula is C21H21ClN4O4S. The fraction of sp³-hybridized carbons (Fsp3) is 0.286. The zero-order valence-electron chi connectivity index (χ0n) is 16.6. The van der Waals surface area contributed by atoms with E-state index in [2.05, 4.69) is 15.5 Å². The molecule has 1 saturated heterocycles. The molecule has 0 saturated carbocycles. The van der Waals surface area contributed by atoms with Crippen LogP contribution in [-0.4, -0.2) is 48.5 Å². The van der Waals surface area contributed by atoms with Crippen LogP contribution in [0.4, 0.5) is 0 Å². The first-order chi connectivity index (χ1) is 14.9. The monoisotopic (exact) mass is 460 g/mol. The highest BCUT2D eigenvalue weighted by molar-refractivity contribution is 7.89. The minimum absolute atomic E-state index is 0.146. The van der Waals surface area contributed by atoms with Crippen LogP contribution in [-0.2, 0) is 16.4 Å². The Kier molecular flexibility index (Phi) is 6.35. The van der Waals surface area contributed by atoms with E-state index in [0.29, 0.717) is 36.6 Å². The number of aromatic nitrogens is 2. The number of hydrogen-bond acceptors (Lipinski definition) is 6. The van der Waals surface area contributed by atoms with Crippen LogP contribution in [0.15, 0.2) is 57.8 Å². The molecule has 1 aliphatic heterocycles. The lowest BCUT2D eigenvalue weighted by molar-refractivity contribution is 0.0920. The molecule has 0 radical (unpaired) electrons. The summed E-state index contributed by atoms with van der Waals surface area (Å²) in [7, 11) is -3.49. The number of rotatable bonds is 7. The molecule has 1 aliphatic rings. The lowest BCUT2D eigenvalue weighted by Gasteiger charge is -2.15. The van der Waals surface area contributed by atoms with Crippen LogP contribution in [0.2, 0.25) is 5.02 Å². The summed E-state index contributed by atoms with van der Waals surface area (Å²) in [5.74, 6) is -0.478. The van der Waals surface area contributed by atoms with Gasteiger partial charge >= 0.3 is 11.8 Å². The van der Waals surface area contributed by atoms with Gasteiger partial charge in [-0.05, 0) is 61.2 Å². The van der Waals surface area contributed by atoms with Crippen molar-refractivity contribution < 1.29 is 17.6 Å². The third kappa shape index (κ3) is 4.95. The second-order valence-electron chi connectivity index (χ2n) is 7.18. The second-order valence-corrected chi connectivity index (χ2v) is 9.55. The summed E-state index contributed by atoms with van der Waals surface area (Å²) in [5, 5.41) is 11.1. The molecule has 10 heteroatoms. The van der Waals surface area contributed by atoms with Gasteiger partial charge in [0.2, 0.25) is 15.9 Å². The van der Waals surface area contributed by atoms with Gasteiger partial charge in [0.05, 0.1) is 4.90 Å². The molecule has 1 fully saturated rings. The molecule has 0 bridgehead atoms. The molecule has 1 amide bonds. The number of carbonyl (C=O) groups is 1. The van der Waals surface area contributed by atoms with Crippen LogP contribution in [0.1, 0.15) is 29.1 Å². The lowest BCUT2D eigenvalue weighted by atomic mass is 10.1. The van der Waals surface area contributed by atoms with Crippen molar-refractivity contribution in [2.24, 2.45) is 0 Å². The predicted octanol–water partition coefficient (Wildman–Crippen LogP) is 3.15. The predicted molar refractivity (Wildman–Crippen MR) is 115 cm³/mol. The Morgan fingerprint density at radius 3 is 2.39 bits per heavy atom. The third-order valence-electron chi connectivity index (χ3n) is 5.04. The highest BCUT2D eigenvalue weighted by atomic mass is 35.5. The molecule has 1 aromatic heterocycles. The molecule has 8 nitrogen and oxygen atoms in total. The van der Waals surface area contributed by atoms with E-state index >= 15 is 0 Å². The number of halogens is 1. The summed E-state index contributed by atoms with van der Waals surface area (Å²) in [4.78, 5) is 12.5. The Balaban J connectivity index is 1.37. The van der Waals surface area contributed by atoms with Crippen molar-refractivity contribution in [1.29, 1.82) is 0 Å². The van der Waals surface area contributed by atoms with Gasteiger partial charge in [0.1, 0.15) is 0 Å². The Bertz CT molecular complexity index is 1150. The normalized spacial score (nSPS) is 14.6. The molecule has 2 heterocycles. The van der Waals surface area contributed by atoms with E-state index in [9.17, 15) is 13.2 Å². The average Bonchev–Trinajstić information content (AvgIpc) is 3.48. The van der Waals surface area contributed by atoms with Crippen molar-refractivity contribution in [3.05, 3.63) is 65.0 Å². The number of amides is 1. The molecule has 4 rings (SSSR count). The first-order valence-electron chi connectivity index (χ1n) is 9.90. The van der Waals surface area contributed by atoms with Gasteiger partial charge in [-0.2, -0.15) is 4.31 Å². The van der Waals surface area contributed by atoms with Crippen molar-refractivity contribution in [3.63, 3.8) is 0 Å². The first-order valence-corrected chi connectivity index (χ1v) is 11.7. The zero-order valence-corrected chi connectivity index (χ0v) is 18.2. The average molecular weight is 461 g/mol. The molecule has 0 spiro atoms. The maximum atomic E-state index is 12.6. The maximum Gasteiger partial charge on any atom is 0.308 e. The van der Waals surface area contributed by atoms with E-state index in [1.807, 2.05) is 12.1 Å². The number of nitrogens with one attached hydrogen (secondary N) is 1. The maximum absolute atomic E-state index is 12.6. The second kappa shape index (κ2) is 9.17. The summed E-state index contributed by atoms with van der Waals surface area (Å²) < 4.78 is 32.2. The van der Waals surface area contributed by atoms with Gasteiger partial charge in [0.15, 0.2) is 0 Å². The standard InChI is InChI=1S/C21H21ClN4O4S/c22-17-7-3-15(4-8-17)11-12-23-19(27)21-25-24-20(30-21)16-5-9-18(10-6-16)31(28,29)26-13-1-2-14-26/h3-10H,1-2,11-14H2,(H,23,27). The van der Waals surface area contributed by atoms with Gasteiger partial charge < -0.3 is 9.73 Å². The Morgan fingerprint density at radius 2 is 1.71 bits per heavy atom. The molecule has 2 aromatic carbocycles. The fourth-order valence-corrected chi connectivity index (χ4v) is 4.97. The van der Waals surface area contributed by atoms with Crippen LogP contribution in [0.3, 0.4) is 0 Å². The van der Waals surface area contributed by atoms with Crippen molar-refractivity contribution in [3.8, 4) is 11.5 Å². The Hall–Kier alpha value is -2.75. The number of carbonyl (C=O) groups excluding carboxylic acids is 1. The van der Waals surface area contributed by atoms with Gasteiger partial charge in [-0.3, -0.25) is 4.79 Å². The molecular weight excluding hydrogens is 440 g/mol. The van der Waals surface area contributed by atoms with Crippen LogP contribution in [0.5, 0.6) is 0 Å². The van der Waals surface area contributed by atoms with Gasteiger partial charge in [-0.15, -0.1) is 10.2 Å². The van der Waals surface area contributed by atoms with Crippen LogP contribution >= 0.6 is 11.6 Å². The molecule has 0 aliphatic carbocycles. The molecule has 0 unspecified atom stereocenters. The number of nitrogens with zero attached hydrogens (tertiary/aromatic N) is 3. The largest absolute Gasteiger partial charge is 0.412 e. The minimum Gasteiger partial charge on any atom is -0.412 e. The first kappa shape index (κ1) is 21.5. The van der Waals surface area contributed by atoms with E-state index in [1.165, 1.54) is 16.4 Å². The summed E-state index contributed by atoms with van der Waals surface area (Å²) in [6.45, 7) is 1.50. The van der Waals surface area contributed by atoms with Gasteiger partial charge in [0.25, 0.3) is 0 Å². The number of hydrogen-bond donors (Lipinski definition) is 1. The van der Waals surface area contributed by atoms with Crippen molar-refractivity contribution in [1.82, 2.24) is 19.8 Å². The zero-order chi connectivity index (χ0) is 21.8. The van der Waals surface area contributed by atoms with E-state index in [4.69, 9.17) is 16.0 Å². The minimum atomic E-state index is -3.49. The van der Waals surface area contributed by atoms with Crippen molar-refractivity contribution in [2.45, 2.75) is 24.2 Å². The summed E-state index contributed by atoms with van der Waals surface area (Å²) in [5.41, 5.74) is 1.58. The van der Waals surface area contributed by atoms with Gasteiger partial charge in [-0.1, -0.05) is 23.7 Å². The summed E-state index contributed by atoms with van der Waals surface area (Å²) in [6, 6.07) is 13.6.